The summed E-state index contributed by atoms with van der Waals surface area (Å²) in [5.74, 6) is -0.293. The molecule has 0 fully saturated rings. The molecule has 0 aliphatic rings. The highest BCUT2D eigenvalue weighted by atomic mass is 127. The average Bonchev–Trinajstić information content (AvgIpc) is 2.84. The van der Waals surface area contributed by atoms with Crippen LogP contribution in [0.25, 0.3) is 0 Å². The van der Waals surface area contributed by atoms with Crippen molar-refractivity contribution in [1.82, 2.24) is 5.32 Å². The lowest BCUT2D eigenvalue weighted by Gasteiger charge is -2.16. The topological polar surface area (TPSA) is 29.1 Å². The van der Waals surface area contributed by atoms with Gasteiger partial charge in [0.15, 0.2) is 0 Å². The Morgan fingerprint density at radius 2 is 2.05 bits per heavy atom. The Morgan fingerprint density at radius 1 is 1.33 bits per heavy atom. The Labute approximate surface area is 137 Å². The molecule has 0 aliphatic heterocycles. The van der Waals surface area contributed by atoms with Crippen molar-refractivity contribution in [2.24, 2.45) is 0 Å². The van der Waals surface area contributed by atoms with Gasteiger partial charge < -0.3 is 5.32 Å². The zero-order chi connectivity index (χ0) is 15.6. The van der Waals surface area contributed by atoms with Crippen LogP contribution in [0.3, 0.4) is 0 Å². The van der Waals surface area contributed by atoms with Crippen LogP contribution < -0.4 is 5.32 Å². The molecule has 21 heavy (non-hydrogen) atoms. The quantitative estimate of drug-likeness (QED) is 0.700. The molecule has 112 valence electrons. The third-order valence-electron chi connectivity index (χ3n) is 2.89. The lowest BCUT2D eigenvalue weighted by atomic mass is 10.0. The summed E-state index contributed by atoms with van der Waals surface area (Å²) in [6.45, 7) is 1.66. The molecule has 1 heterocycles. The number of alkyl halides is 3. The molecule has 2 nitrogen and oxygen atoms in total. The molecule has 7 heteroatoms. The predicted octanol–water partition coefficient (Wildman–Crippen LogP) is 4.86. The number of nitrogens with one attached hydrogen (secondary N) is 1. The summed E-state index contributed by atoms with van der Waals surface area (Å²) in [5, 5.41) is 4.42. The van der Waals surface area contributed by atoms with E-state index in [1.54, 1.807) is 24.4 Å². The molecular weight excluding hydrogens is 414 g/mol. The molecule has 0 saturated carbocycles. The molecule has 0 saturated heterocycles. The van der Waals surface area contributed by atoms with Gasteiger partial charge in [-0.1, -0.05) is 12.1 Å². The van der Waals surface area contributed by atoms with E-state index in [1.165, 1.54) is 17.4 Å². The van der Waals surface area contributed by atoms with E-state index in [9.17, 15) is 18.0 Å². The van der Waals surface area contributed by atoms with Gasteiger partial charge in [0.1, 0.15) is 0 Å². The zero-order valence-corrected chi connectivity index (χ0v) is 13.8. The molecule has 1 N–H and O–H groups in total. The molecule has 2 aromatic rings. The van der Waals surface area contributed by atoms with Crippen molar-refractivity contribution in [3.8, 4) is 0 Å². The standard InChI is InChI=1S/C14H11F3INOS/c1-8(19-13(20)10-6-12(18)21-7-10)9-3-2-4-11(5-9)14(15,16)17/h2-8H,1H3,(H,19,20). The minimum absolute atomic E-state index is 0.293. The van der Waals surface area contributed by atoms with Crippen molar-refractivity contribution >= 4 is 39.8 Å². The van der Waals surface area contributed by atoms with Crippen LogP contribution in [-0.4, -0.2) is 5.91 Å². The van der Waals surface area contributed by atoms with Crippen LogP contribution in [0, 0.1) is 2.88 Å². The second-order valence-electron chi connectivity index (χ2n) is 4.46. The van der Waals surface area contributed by atoms with Gasteiger partial charge in [0.05, 0.1) is 20.1 Å². The summed E-state index contributed by atoms with van der Waals surface area (Å²) >= 11 is 3.54. The van der Waals surface area contributed by atoms with Crippen molar-refractivity contribution in [3.05, 3.63) is 55.3 Å². The normalized spacial score (nSPS) is 13.0. The molecule has 0 spiro atoms. The number of benzene rings is 1. The Bertz CT molecular complexity index is 654. The lowest BCUT2D eigenvalue weighted by molar-refractivity contribution is -0.137. The number of rotatable bonds is 3. The predicted molar refractivity (Wildman–Crippen MR) is 84.4 cm³/mol. The fraction of sp³-hybridized carbons (Fsp3) is 0.214. The number of hydrogen-bond acceptors (Lipinski definition) is 2. The Hall–Kier alpha value is -1.09. The molecule has 1 aromatic carbocycles. The van der Waals surface area contributed by atoms with Crippen LogP contribution in [-0.2, 0) is 6.18 Å². The largest absolute Gasteiger partial charge is 0.416 e. The number of amides is 1. The first-order chi connectivity index (χ1) is 9.77. The summed E-state index contributed by atoms with van der Waals surface area (Å²) in [6.07, 6.45) is -4.39. The van der Waals surface area contributed by atoms with Crippen molar-refractivity contribution in [3.63, 3.8) is 0 Å². The zero-order valence-electron chi connectivity index (χ0n) is 10.9. The van der Waals surface area contributed by atoms with Gasteiger partial charge in [-0.3, -0.25) is 4.79 Å². The summed E-state index contributed by atoms with van der Waals surface area (Å²) in [7, 11) is 0. The molecule has 0 bridgehead atoms. The highest BCUT2D eigenvalue weighted by Crippen LogP contribution is 2.30. The van der Waals surface area contributed by atoms with Gasteiger partial charge in [0.25, 0.3) is 5.91 Å². The monoisotopic (exact) mass is 425 g/mol. The van der Waals surface area contributed by atoms with Crippen LogP contribution in [0.2, 0.25) is 0 Å². The molecular formula is C14H11F3INOS. The van der Waals surface area contributed by atoms with E-state index in [0.717, 1.165) is 15.0 Å². The van der Waals surface area contributed by atoms with Gasteiger partial charge >= 0.3 is 6.18 Å². The van der Waals surface area contributed by atoms with Gasteiger partial charge in [-0.2, -0.15) is 13.2 Å². The molecule has 0 radical (unpaired) electrons. The Kier molecular flexibility index (Phi) is 4.92. The minimum atomic E-state index is -4.39. The van der Waals surface area contributed by atoms with E-state index in [0.29, 0.717) is 11.1 Å². The summed E-state index contributed by atoms with van der Waals surface area (Å²) in [4.78, 5) is 12.0. The first-order valence-electron chi connectivity index (χ1n) is 5.99. The first kappa shape index (κ1) is 16.3. The number of thiophene rings is 1. The summed E-state index contributed by atoms with van der Waals surface area (Å²) in [6, 6.07) is 6.21. The fourth-order valence-electron chi connectivity index (χ4n) is 1.78. The number of hydrogen-bond donors (Lipinski definition) is 1. The molecule has 0 aliphatic carbocycles. The van der Waals surface area contributed by atoms with E-state index in [-0.39, 0.29) is 5.91 Å². The molecule has 2 rings (SSSR count). The van der Waals surface area contributed by atoms with Crippen molar-refractivity contribution in [2.45, 2.75) is 19.1 Å². The number of carbonyl (C=O) groups is 1. The minimum Gasteiger partial charge on any atom is -0.345 e. The SMILES string of the molecule is CC(NC(=O)c1csc(I)c1)c1cccc(C(F)(F)F)c1. The second-order valence-corrected chi connectivity index (χ2v) is 7.26. The highest BCUT2D eigenvalue weighted by molar-refractivity contribution is 14.1. The molecule has 1 aromatic heterocycles. The van der Waals surface area contributed by atoms with E-state index in [4.69, 9.17) is 0 Å². The van der Waals surface area contributed by atoms with E-state index >= 15 is 0 Å². The van der Waals surface area contributed by atoms with E-state index in [2.05, 4.69) is 27.9 Å². The van der Waals surface area contributed by atoms with Gasteiger partial charge in [-0.05, 0) is 53.3 Å². The van der Waals surface area contributed by atoms with Crippen LogP contribution in [0.4, 0.5) is 13.2 Å². The summed E-state index contributed by atoms with van der Waals surface area (Å²) < 4.78 is 39.0. The Morgan fingerprint density at radius 3 is 2.62 bits per heavy atom. The third-order valence-corrected chi connectivity index (χ3v) is 4.68. The smallest absolute Gasteiger partial charge is 0.345 e. The number of carbonyl (C=O) groups excluding carboxylic acids is 1. The van der Waals surface area contributed by atoms with Gasteiger partial charge in [0.2, 0.25) is 0 Å². The van der Waals surface area contributed by atoms with Crippen LogP contribution >= 0.6 is 33.9 Å². The number of halogens is 4. The van der Waals surface area contributed by atoms with Gasteiger partial charge in [-0.15, -0.1) is 11.3 Å². The average molecular weight is 425 g/mol. The van der Waals surface area contributed by atoms with E-state index in [1.807, 2.05) is 0 Å². The van der Waals surface area contributed by atoms with Crippen LogP contribution in [0.15, 0.2) is 35.7 Å². The highest BCUT2D eigenvalue weighted by Gasteiger charge is 2.30. The first-order valence-corrected chi connectivity index (χ1v) is 7.95. The van der Waals surface area contributed by atoms with E-state index < -0.39 is 17.8 Å². The van der Waals surface area contributed by atoms with Crippen LogP contribution in [0.1, 0.15) is 34.5 Å². The lowest BCUT2D eigenvalue weighted by Crippen LogP contribution is -2.26. The maximum Gasteiger partial charge on any atom is 0.416 e. The molecule has 1 unspecified atom stereocenters. The second kappa shape index (κ2) is 6.35. The molecule has 1 amide bonds. The third kappa shape index (κ3) is 4.19. The fourth-order valence-corrected chi connectivity index (χ4v) is 3.10. The van der Waals surface area contributed by atoms with Crippen molar-refractivity contribution in [2.75, 3.05) is 0 Å². The maximum atomic E-state index is 12.7. The molecule has 1 atom stereocenters. The summed E-state index contributed by atoms with van der Waals surface area (Å²) in [5.41, 5.74) is 0.220. The van der Waals surface area contributed by atoms with Crippen LogP contribution in [0.5, 0.6) is 0 Å². The van der Waals surface area contributed by atoms with Crippen molar-refractivity contribution < 1.29 is 18.0 Å². The maximum absolute atomic E-state index is 12.7. The van der Waals surface area contributed by atoms with Crippen molar-refractivity contribution in [1.29, 1.82) is 0 Å². The van der Waals surface area contributed by atoms with Gasteiger partial charge in [0, 0.05) is 5.38 Å². The van der Waals surface area contributed by atoms with Gasteiger partial charge in [-0.25, -0.2) is 0 Å². The Balaban J connectivity index is 2.13.